The van der Waals surface area contributed by atoms with Gasteiger partial charge in [-0.2, -0.15) is 0 Å². The van der Waals surface area contributed by atoms with E-state index < -0.39 is 0 Å². The molecule has 1 saturated carbocycles. The van der Waals surface area contributed by atoms with E-state index >= 15 is 0 Å². The first-order valence-electron chi connectivity index (χ1n) is 9.48. The number of rotatable bonds is 6. The predicted molar refractivity (Wildman–Crippen MR) is 92.7 cm³/mol. The van der Waals surface area contributed by atoms with Crippen molar-refractivity contribution in [3.63, 3.8) is 0 Å². The van der Waals surface area contributed by atoms with E-state index in [1.807, 2.05) is 0 Å². The molecule has 0 aromatic heterocycles. The van der Waals surface area contributed by atoms with Crippen LogP contribution in [0.25, 0.3) is 0 Å². The molecule has 1 saturated heterocycles. The summed E-state index contributed by atoms with van der Waals surface area (Å²) in [5, 5.41) is 3.69. The highest BCUT2D eigenvalue weighted by atomic mass is 15.2. The third kappa shape index (κ3) is 5.25. The van der Waals surface area contributed by atoms with Gasteiger partial charge in [-0.15, -0.1) is 0 Å². The summed E-state index contributed by atoms with van der Waals surface area (Å²) in [5.74, 6) is 0.936. The van der Waals surface area contributed by atoms with Crippen LogP contribution in [0.1, 0.15) is 79.1 Å². The Labute approximate surface area is 133 Å². The van der Waals surface area contributed by atoms with Gasteiger partial charge in [-0.3, -0.25) is 4.90 Å². The summed E-state index contributed by atoms with van der Waals surface area (Å²) in [6.07, 6.45) is 11.2. The van der Waals surface area contributed by atoms with Gasteiger partial charge in [-0.25, -0.2) is 0 Å². The Morgan fingerprint density at radius 3 is 2.29 bits per heavy atom. The van der Waals surface area contributed by atoms with Crippen LogP contribution < -0.4 is 5.32 Å². The Kier molecular flexibility index (Phi) is 6.55. The topological polar surface area (TPSA) is 15.3 Å². The van der Waals surface area contributed by atoms with Gasteiger partial charge in [-0.1, -0.05) is 34.1 Å². The van der Waals surface area contributed by atoms with E-state index in [-0.39, 0.29) is 0 Å². The van der Waals surface area contributed by atoms with E-state index in [1.54, 1.807) is 0 Å². The lowest BCUT2D eigenvalue weighted by molar-refractivity contribution is 0.0889. The average Bonchev–Trinajstić information content (AvgIpc) is 2.95. The zero-order chi connectivity index (χ0) is 15.3. The highest BCUT2D eigenvalue weighted by Gasteiger charge is 2.32. The van der Waals surface area contributed by atoms with E-state index in [9.17, 15) is 0 Å². The summed E-state index contributed by atoms with van der Waals surface area (Å²) < 4.78 is 0. The van der Waals surface area contributed by atoms with Crippen molar-refractivity contribution in [1.82, 2.24) is 10.2 Å². The van der Waals surface area contributed by atoms with Crippen LogP contribution in [0, 0.1) is 11.3 Å². The maximum atomic E-state index is 3.69. The highest BCUT2D eigenvalue weighted by Crippen LogP contribution is 2.39. The van der Waals surface area contributed by atoms with E-state index in [0.29, 0.717) is 5.41 Å². The second-order valence-corrected chi connectivity index (χ2v) is 8.51. The molecule has 0 aromatic rings. The molecule has 2 heteroatoms. The van der Waals surface area contributed by atoms with Gasteiger partial charge < -0.3 is 5.32 Å². The molecule has 2 fully saturated rings. The quantitative estimate of drug-likeness (QED) is 0.779. The third-order valence-electron chi connectivity index (χ3n) is 5.85. The monoisotopic (exact) mass is 294 g/mol. The average molecular weight is 295 g/mol. The van der Waals surface area contributed by atoms with Crippen molar-refractivity contribution in [2.24, 2.45) is 11.3 Å². The first-order valence-corrected chi connectivity index (χ1v) is 9.48. The molecule has 1 aliphatic heterocycles. The SMILES string of the molecule is CCCCN(CC1CCCN1)C1CCC(C(C)(C)C)CC1. The largest absolute Gasteiger partial charge is 0.313 e. The molecular weight excluding hydrogens is 256 g/mol. The van der Waals surface area contributed by atoms with Crippen LogP contribution in [-0.2, 0) is 0 Å². The summed E-state index contributed by atoms with van der Waals surface area (Å²) in [6, 6.07) is 1.62. The van der Waals surface area contributed by atoms with E-state index in [0.717, 1.165) is 18.0 Å². The minimum absolute atomic E-state index is 0.506. The molecule has 1 heterocycles. The summed E-state index contributed by atoms with van der Waals surface area (Å²) in [4.78, 5) is 2.84. The lowest BCUT2D eigenvalue weighted by atomic mass is 9.71. The predicted octanol–water partition coefficient (Wildman–Crippen LogP) is 4.45. The Morgan fingerprint density at radius 1 is 1.05 bits per heavy atom. The molecule has 0 amide bonds. The fraction of sp³-hybridized carbons (Fsp3) is 1.00. The van der Waals surface area contributed by atoms with Crippen molar-refractivity contribution in [1.29, 1.82) is 0 Å². The number of hydrogen-bond acceptors (Lipinski definition) is 2. The Bertz CT molecular complexity index is 280. The van der Waals surface area contributed by atoms with Gasteiger partial charge in [0, 0.05) is 18.6 Å². The second kappa shape index (κ2) is 7.97. The minimum atomic E-state index is 0.506. The minimum Gasteiger partial charge on any atom is -0.313 e. The fourth-order valence-electron chi connectivity index (χ4n) is 4.29. The summed E-state index contributed by atoms with van der Waals surface area (Å²) in [7, 11) is 0. The summed E-state index contributed by atoms with van der Waals surface area (Å²) >= 11 is 0. The smallest absolute Gasteiger partial charge is 0.0195 e. The molecule has 0 radical (unpaired) electrons. The second-order valence-electron chi connectivity index (χ2n) is 8.51. The highest BCUT2D eigenvalue weighted by molar-refractivity contribution is 4.87. The van der Waals surface area contributed by atoms with Crippen LogP contribution in [0.5, 0.6) is 0 Å². The van der Waals surface area contributed by atoms with Gasteiger partial charge in [0.15, 0.2) is 0 Å². The van der Waals surface area contributed by atoms with E-state index in [1.165, 1.54) is 71.0 Å². The van der Waals surface area contributed by atoms with Crippen LogP contribution in [0.3, 0.4) is 0 Å². The van der Waals surface area contributed by atoms with Crippen LogP contribution in [-0.4, -0.2) is 36.6 Å². The molecule has 1 N–H and O–H groups in total. The normalized spacial score (nSPS) is 31.0. The lowest BCUT2D eigenvalue weighted by Gasteiger charge is -2.42. The molecular formula is C19H38N2. The Balaban J connectivity index is 1.85. The molecule has 1 aliphatic carbocycles. The van der Waals surface area contributed by atoms with Crippen molar-refractivity contribution < 1.29 is 0 Å². The number of unbranched alkanes of at least 4 members (excludes halogenated alkanes) is 1. The fourth-order valence-corrected chi connectivity index (χ4v) is 4.29. The van der Waals surface area contributed by atoms with Crippen LogP contribution in [0.15, 0.2) is 0 Å². The van der Waals surface area contributed by atoms with Gasteiger partial charge in [0.05, 0.1) is 0 Å². The Hall–Kier alpha value is -0.0800. The van der Waals surface area contributed by atoms with Gasteiger partial charge >= 0.3 is 0 Å². The summed E-state index contributed by atoms with van der Waals surface area (Å²) in [5.41, 5.74) is 0.506. The maximum Gasteiger partial charge on any atom is 0.0195 e. The van der Waals surface area contributed by atoms with Crippen molar-refractivity contribution >= 4 is 0 Å². The number of nitrogens with zero attached hydrogens (tertiary/aromatic N) is 1. The molecule has 1 unspecified atom stereocenters. The zero-order valence-electron chi connectivity index (χ0n) is 15.0. The number of nitrogens with one attached hydrogen (secondary N) is 1. The number of hydrogen-bond donors (Lipinski definition) is 1. The Morgan fingerprint density at radius 2 is 1.76 bits per heavy atom. The third-order valence-corrected chi connectivity index (χ3v) is 5.85. The zero-order valence-corrected chi connectivity index (χ0v) is 15.0. The summed E-state index contributed by atoms with van der Waals surface area (Å²) in [6.45, 7) is 13.5. The van der Waals surface area contributed by atoms with Crippen molar-refractivity contribution in [2.45, 2.75) is 91.1 Å². The van der Waals surface area contributed by atoms with E-state index in [2.05, 4.69) is 37.9 Å². The van der Waals surface area contributed by atoms with Gasteiger partial charge in [0.1, 0.15) is 0 Å². The van der Waals surface area contributed by atoms with Gasteiger partial charge in [0.2, 0.25) is 0 Å². The van der Waals surface area contributed by atoms with Crippen molar-refractivity contribution in [3.8, 4) is 0 Å². The molecule has 21 heavy (non-hydrogen) atoms. The van der Waals surface area contributed by atoms with Crippen molar-refractivity contribution in [3.05, 3.63) is 0 Å². The molecule has 124 valence electrons. The molecule has 2 nitrogen and oxygen atoms in total. The lowest BCUT2D eigenvalue weighted by Crippen LogP contribution is -2.46. The van der Waals surface area contributed by atoms with Crippen LogP contribution >= 0.6 is 0 Å². The molecule has 2 aliphatic rings. The molecule has 1 atom stereocenters. The molecule has 0 spiro atoms. The molecule has 2 rings (SSSR count). The standard InChI is InChI=1S/C19H38N2/c1-5-6-14-21(15-17-8-7-13-20-17)18-11-9-16(10-12-18)19(2,3)4/h16-18,20H,5-15H2,1-4H3. The maximum absolute atomic E-state index is 3.69. The van der Waals surface area contributed by atoms with E-state index in [4.69, 9.17) is 0 Å². The van der Waals surface area contributed by atoms with Crippen LogP contribution in [0.2, 0.25) is 0 Å². The first kappa shape index (κ1) is 17.3. The molecule has 0 bridgehead atoms. The van der Waals surface area contributed by atoms with Gasteiger partial charge in [-0.05, 0) is 69.4 Å². The molecule has 0 aromatic carbocycles. The van der Waals surface area contributed by atoms with Crippen molar-refractivity contribution in [2.75, 3.05) is 19.6 Å². The first-order chi connectivity index (χ1) is 10.0. The van der Waals surface area contributed by atoms with Gasteiger partial charge in [0.25, 0.3) is 0 Å². The van der Waals surface area contributed by atoms with Crippen LogP contribution in [0.4, 0.5) is 0 Å².